The lowest BCUT2D eigenvalue weighted by Crippen LogP contribution is -2.33. The van der Waals surface area contributed by atoms with E-state index in [1.165, 1.54) is 0 Å². The lowest BCUT2D eigenvalue weighted by Gasteiger charge is -2.22. The maximum absolute atomic E-state index is 12.1. The molecule has 0 aromatic rings. The molecule has 1 N–H and O–H groups in total. The highest BCUT2D eigenvalue weighted by atomic mass is 32.1. The second-order valence-electron chi connectivity index (χ2n) is 3.82. The van der Waals surface area contributed by atoms with E-state index in [2.05, 4.69) is 19.6 Å². The first-order valence-corrected chi connectivity index (χ1v) is 5.95. The molecule has 0 saturated carbocycles. The van der Waals surface area contributed by atoms with Crippen molar-refractivity contribution in [2.45, 2.75) is 26.2 Å². The molecule has 0 radical (unpaired) electrons. The molecule has 2 nitrogen and oxygen atoms in total. The molecule has 15 heavy (non-hydrogen) atoms. The van der Waals surface area contributed by atoms with Crippen molar-refractivity contribution in [2.75, 3.05) is 32.0 Å². The molecule has 0 rings (SSSR count). The number of nitrogens with zero attached hydrogens (tertiary/aromatic N) is 1. The Morgan fingerprint density at radius 1 is 1.27 bits per heavy atom. The van der Waals surface area contributed by atoms with Gasteiger partial charge in [-0.1, -0.05) is 6.92 Å². The van der Waals surface area contributed by atoms with Crippen LogP contribution in [0.4, 0.5) is 8.78 Å². The monoisotopic (exact) mass is 241 g/mol. The highest BCUT2D eigenvalue weighted by Gasteiger charge is 2.12. The molecular weight excluding hydrogens is 220 g/mol. The van der Waals surface area contributed by atoms with Gasteiger partial charge < -0.3 is 5.11 Å². The Bertz CT molecular complexity index is 149. The van der Waals surface area contributed by atoms with Gasteiger partial charge in [0.2, 0.25) is 0 Å². The van der Waals surface area contributed by atoms with Crippen molar-refractivity contribution in [1.82, 2.24) is 4.90 Å². The average molecular weight is 241 g/mol. The zero-order valence-electron chi connectivity index (χ0n) is 9.20. The molecule has 1 unspecified atom stereocenters. The largest absolute Gasteiger partial charge is 0.395 e. The molecule has 0 heterocycles. The molecule has 0 aromatic heterocycles. The summed E-state index contributed by atoms with van der Waals surface area (Å²) in [4.78, 5) is 1.61. The Morgan fingerprint density at radius 2 is 1.93 bits per heavy atom. The van der Waals surface area contributed by atoms with E-state index in [1.54, 1.807) is 4.90 Å². The topological polar surface area (TPSA) is 23.5 Å². The number of aliphatic hydroxyl groups excluding tert-OH is 1. The van der Waals surface area contributed by atoms with E-state index in [0.717, 1.165) is 18.6 Å². The fraction of sp³-hybridized carbons (Fsp3) is 1.00. The van der Waals surface area contributed by atoms with Gasteiger partial charge in [-0.25, -0.2) is 8.78 Å². The fourth-order valence-corrected chi connectivity index (χ4v) is 1.84. The van der Waals surface area contributed by atoms with E-state index in [9.17, 15) is 8.78 Å². The van der Waals surface area contributed by atoms with Gasteiger partial charge in [-0.3, -0.25) is 4.90 Å². The molecule has 1 atom stereocenters. The highest BCUT2D eigenvalue weighted by Crippen LogP contribution is 2.10. The van der Waals surface area contributed by atoms with Gasteiger partial charge in [-0.2, -0.15) is 12.6 Å². The quantitative estimate of drug-likeness (QED) is 0.602. The molecule has 0 aliphatic rings. The number of halogens is 2. The SMILES string of the molecule is CC(CCS)CCN(CCO)CC(F)F. The van der Waals surface area contributed by atoms with E-state index in [0.29, 0.717) is 19.0 Å². The standard InChI is InChI=1S/C10H21F2NOS/c1-9(3-7-15)2-4-13(5-6-14)8-10(11)12/h9-10,14-15H,2-8H2,1H3. The van der Waals surface area contributed by atoms with Crippen LogP contribution in [-0.2, 0) is 0 Å². The van der Waals surface area contributed by atoms with Crippen LogP contribution in [0.3, 0.4) is 0 Å². The normalized spacial score (nSPS) is 13.8. The summed E-state index contributed by atoms with van der Waals surface area (Å²) >= 11 is 4.13. The second kappa shape index (κ2) is 9.36. The van der Waals surface area contributed by atoms with Crippen LogP contribution in [0.25, 0.3) is 0 Å². The van der Waals surface area contributed by atoms with E-state index in [-0.39, 0.29) is 13.2 Å². The van der Waals surface area contributed by atoms with Crippen molar-refractivity contribution < 1.29 is 13.9 Å². The van der Waals surface area contributed by atoms with E-state index >= 15 is 0 Å². The van der Waals surface area contributed by atoms with Gasteiger partial charge in [0.05, 0.1) is 13.2 Å². The van der Waals surface area contributed by atoms with Crippen molar-refractivity contribution in [3.63, 3.8) is 0 Å². The Kier molecular flexibility index (Phi) is 9.44. The molecule has 92 valence electrons. The summed E-state index contributed by atoms with van der Waals surface area (Å²) in [7, 11) is 0. The number of rotatable bonds is 9. The molecule has 0 bridgehead atoms. The van der Waals surface area contributed by atoms with Crippen molar-refractivity contribution >= 4 is 12.6 Å². The van der Waals surface area contributed by atoms with Gasteiger partial charge in [0.15, 0.2) is 0 Å². The van der Waals surface area contributed by atoms with Gasteiger partial charge in [0.1, 0.15) is 0 Å². The van der Waals surface area contributed by atoms with E-state index in [1.807, 2.05) is 0 Å². The Labute approximate surface area is 96.1 Å². The minimum absolute atomic E-state index is 0.0618. The Balaban J connectivity index is 3.73. The Hall–Kier alpha value is 0.130. The summed E-state index contributed by atoms with van der Waals surface area (Å²) in [5.41, 5.74) is 0. The number of aliphatic hydroxyl groups is 1. The maximum Gasteiger partial charge on any atom is 0.251 e. The van der Waals surface area contributed by atoms with Crippen LogP contribution < -0.4 is 0 Å². The number of alkyl halides is 2. The van der Waals surface area contributed by atoms with Crippen LogP contribution in [0, 0.1) is 5.92 Å². The van der Waals surface area contributed by atoms with Crippen molar-refractivity contribution in [3.8, 4) is 0 Å². The fourth-order valence-electron chi connectivity index (χ4n) is 1.40. The molecular formula is C10H21F2NOS. The van der Waals surface area contributed by atoms with E-state index in [4.69, 9.17) is 5.11 Å². The van der Waals surface area contributed by atoms with Crippen LogP contribution in [0.2, 0.25) is 0 Å². The first kappa shape index (κ1) is 15.1. The molecule has 0 aliphatic heterocycles. The molecule has 0 fully saturated rings. The molecule has 0 aliphatic carbocycles. The van der Waals surface area contributed by atoms with Crippen LogP contribution in [0.1, 0.15) is 19.8 Å². The lowest BCUT2D eigenvalue weighted by atomic mass is 10.1. The summed E-state index contributed by atoms with van der Waals surface area (Å²) in [5.74, 6) is 1.33. The second-order valence-corrected chi connectivity index (χ2v) is 4.27. The van der Waals surface area contributed by atoms with Gasteiger partial charge in [0.25, 0.3) is 6.43 Å². The highest BCUT2D eigenvalue weighted by molar-refractivity contribution is 7.80. The zero-order chi connectivity index (χ0) is 11.7. The molecule has 5 heteroatoms. The summed E-state index contributed by atoms with van der Waals surface area (Å²) in [5, 5.41) is 8.72. The van der Waals surface area contributed by atoms with Gasteiger partial charge in [0, 0.05) is 6.54 Å². The van der Waals surface area contributed by atoms with Gasteiger partial charge in [-0.05, 0) is 31.1 Å². The van der Waals surface area contributed by atoms with Gasteiger partial charge in [-0.15, -0.1) is 0 Å². The number of hydrogen-bond donors (Lipinski definition) is 2. The molecule has 0 saturated heterocycles. The Morgan fingerprint density at radius 3 is 2.40 bits per heavy atom. The van der Waals surface area contributed by atoms with Crippen LogP contribution in [0.15, 0.2) is 0 Å². The third-order valence-electron chi connectivity index (χ3n) is 2.37. The van der Waals surface area contributed by atoms with Crippen molar-refractivity contribution in [1.29, 1.82) is 0 Å². The van der Waals surface area contributed by atoms with Crippen LogP contribution in [-0.4, -0.2) is 48.4 Å². The van der Waals surface area contributed by atoms with Crippen LogP contribution in [0.5, 0.6) is 0 Å². The predicted octanol–water partition coefficient (Wildman–Crippen LogP) is 1.89. The summed E-state index contributed by atoms with van der Waals surface area (Å²) in [6.45, 7) is 2.75. The summed E-state index contributed by atoms with van der Waals surface area (Å²) in [6, 6.07) is 0. The lowest BCUT2D eigenvalue weighted by molar-refractivity contribution is 0.0755. The zero-order valence-corrected chi connectivity index (χ0v) is 10.1. The van der Waals surface area contributed by atoms with Crippen LogP contribution >= 0.6 is 12.6 Å². The summed E-state index contributed by atoms with van der Waals surface area (Å²) < 4.78 is 24.3. The number of thiol groups is 1. The van der Waals surface area contributed by atoms with Gasteiger partial charge >= 0.3 is 0 Å². The minimum Gasteiger partial charge on any atom is -0.395 e. The minimum atomic E-state index is -2.32. The maximum atomic E-state index is 12.1. The first-order valence-electron chi connectivity index (χ1n) is 5.32. The molecule has 0 spiro atoms. The summed E-state index contributed by atoms with van der Waals surface area (Å²) in [6.07, 6.45) is -0.436. The smallest absolute Gasteiger partial charge is 0.251 e. The first-order chi connectivity index (χ1) is 7.10. The van der Waals surface area contributed by atoms with Crippen molar-refractivity contribution in [2.24, 2.45) is 5.92 Å². The van der Waals surface area contributed by atoms with E-state index < -0.39 is 6.43 Å². The average Bonchev–Trinajstić information content (AvgIpc) is 2.14. The third-order valence-corrected chi connectivity index (χ3v) is 2.63. The molecule has 0 aromatic carbocycles. The molecule has 0 amide bonds. The number of hydrogen-bond acceptors (Lipinski definition) is 3. The van der Waals surface area contributed by atoms with Crippen molar-refractivity contribution in [3.05, 3.63) is 0 Å². The third kappa shape index (κ3) is 9.08. The predicted molar refractivity (Wildman–Crippen MR) is 61.8 cm³/mol.